The number of rotatable bonds is 4. The second kappa shape index (κ2) is 7.37. The molecular weight excluding hydrogens is 324 g/mol. The summed E-state index contributed by atoms with van der Waals surface area (Å²) in [4.78, 5) is 15.2. The van der Waals surface area contributed by atoms with E-state index in [4.69, 9.17) is 4.74 Å². The Morgan fingerprint density at radius 1 is 1.04 bits per heavy atom. The van der Waals surface area contributed by atoms with Gasteiger partial charge in [0.1, 0.15) is 0 Å². The molecule has 1 fully saturated rings. The number of Topliss-reactive ketones (excluding diaryl/α,β-unsaturated/α-hetero) is 1. The van der Waals surface area contributed by atoms with Gasteiger partial charge >= 0.3 is 0 Å². The molecule has 2 atom stereocenters. The normalized spacial score (nSPS) is 21.2. The van der Waals surface area contributed by atoms with Gasteiger partial charge in [0.15, 0.2) is 5.78 Å². The summed E-state index contributed by atoms with van der Waals surface area (Å²) < 4.78 is 7.96. The molecule has 1 aromatic carbocycles. The van der Waals surface area contributed by atoms with Gasteiger partial charge in [-0.25, -0.2) is 0 Å². The van der Waals surface area contributed by atoms with E-state index >= 15 is 0 Å². The molecule has 0 N–H and O–H groups in total. The summed E-state index contributed by atoms with van der Waals surface area (Å²) >= 11 is 0. The lowest BCUT2D eigenvalue weighted by molar-refractivity contribution is -0.0652. The van der Waals surface area contributed by atoms with E-state index in [1.807, 2.05) is 13.0 Å². The van der Waals surface area contributed by atoms with Crippen molar-refractivity contribution < 1.29 is 9.53 Å². The first kappa shape index (κ1) is 18.9. The van der Waals surface area contributed by atoms with Gasteiger partial charge in [-0.1, -0.05) is 6.07 Å². The fourth-order valence-electron chi connectivity index (χ4n) is 4.01. The molecule has 1 aromatic heterocycles. The van der Waals surface area contributed by atoms with Crippen LogP contribution in [0.25, 0.3) is 5.69 Å². The first-order valence-electron chi connectivity index (χ1n) is 9.44. The molecule has 1 aliphatic rings. The molecular formula is C22H30N2O2. The highest BCUT2D eigenvalue weighted by atomic mass is 16.5. The van der Waals surface area contributed by atoms with Crippen molar-refractivity contribution in [2.75, 3.05) is 19.6 Å². The molecule has 0 aliphatic carbocycles. The average Bonchev–Trinajstić information content (AvgIpc) is 2.84. The summed E-state index contributed by atoms with van der Waals surface area (Å²) in [5, 5.41) is 0. The van der Waals surface area contributed by atoms with Crippen LogP contribution in [0.5, 0.6) is 0 Å². The Labute approximate surface area is 156 Å². The number of carbonyl (C=O) groups excluding carboxylic acids is 1. The van der Waals surface area contributed by atoms with Crippen LogP contribution >= 0.6 is 0 Å². The van der Waals surface area contributed by atoms with Crippen LogP contribution in [0.1, 0.15) is 46.7 Å². The van der Waals surface area contributed by atoms with Gasteiger partial charge in [0.25, 0.3) is 0 Å². The third-order valence-corrected chi connectivity index (χ3v) is 5.34. The Hall–Kier alpha value is -1.91. The van der Waals surface area contributed by atoms with E-state index in [0.717, 1.165) is 35.7 Å². The van der Waals surface area contributed by atoms with Crippen LogP contribution in [0.3, 0.4) is 0 Å². The molecule has 0 saturated carbocycles. The van der Waals surface area contributed by atoms with Crippen LogP contribution in [0.4, 0.5) is 0 Å². The number of aromatic nitrogens is 1. The summed E-state index contributed by atoms with van der Waals surface area (Å²) in [5.74, 6) is 0.189. The first-order valence-corrected chi connectivity index (χ1v) is 9.44. The SMILES string of the molecule is Cc1ccc(-n2c(C)cc(C(=O)CN3CC(C)OC(C)C3)c2C)cc1C. The predicted molar refractivity (Wildman–Crippen MR) is 105 cm³/mol. The van der Waals surface area contributed by atoms with E-state index in [1.165, 1.54) is 11.1 Å². The van der Waals surface area contributed by atoms with Crippen molar-refractivity contribution in [2.45, 2.75) is 53.8 Å². The van der Waals surface area contributed by atoms with Crippen LogP contribution < -0.4 is 0 Å². The number of carbonyl (C=O) groups is 1. The molecule has 1 aliphatic heterocycles. The maximum atomic E-state index is 13.0. The Morgan fingerprint density at radius 2 is 1.69 bits per heavy atom. The Bertz CT molecular complexity index is 812. The molecule has 0 radical (unpaired) electrons. The van der Waals surface area contributed by atoms with Gasteiger partial charge in [0.05, 0.1) is 18.8 Å². The molecule has 0 bridgehead atoms. The second-order valence-electron chi connectivity index (χ2n) is 7.76. The fraction of sp³-hybridized carbons (Fsp3) is 0.500. The molecule has 3 rings (SSSR count). The van der Waals surface area contributed by atoms with E-state index in [2.05, 4.69) is 62.3 Å². The molecule has 2 unspecified atom stereocenters. The summed E-state index contributed by atoms with van der Waals surface area (Å²) in [6, 6.07) is 8.48. The number of ketones is 1. The highest BCUT2D eigenvalue weighted by Gasteiger charge is 2.25. The molecule has 0 amide bonds. The highest BCUT2D eigenvalue weighted by molar-refractivity contribution is 5.99. The van der Waals surface area contributed by atoms with Crippen molar-refractivity contribution in [2.24, 2.45) is 0 Å². The topological polar surface area (TPSA) is 34.5 Å². The fourth-order valence-corrected chi connectivity index (χ4v) is 4.01. The van der Waals surface area contributed by atoms with Crippen LogP contribution in [0.15, 0.2) is 24.3 Å². The van der Waals surface area contributed by atoms with Crippen molar-refractivity contribution in [3.05, 3.63) is 52.3 Å². The quantitative estimate of drug-likeness (QED) is 0.778. The molecule has 0 spiro atoms. The lowest BCUT2D eigenvalue weighted by Crippen LogP contribution is -2.47. The third-order valence-electron chi connectivity index (χ3n) is 5.34. The maximum Gasteiger partial charge on any atom is 0.178 e. The van der Waals surface area contributed by atoms with Crippen molar-refractivity contribution in [1.29, 1.82) is 0 Å². The van der Waals surface area contributed by atoms with Crippen LogP contribution in [0.2, 0.25) is 0 Å². The van der Waals surface area contributed by atoms with Gasteiger partial charge in [0.2, 0.25) is 0 Å². The highest BCUT2D eigenvalue weighted by Crippen LogP contribution is 2.23. The van der Waals surface area contributed by atoms with Crippen LogP contribution in [0, 0.1) is 27.7 Å². The lowest BCUT2D eigenvalue weighted by Gasteiger charge is -2.34. The number of benzene rings is 1. The first-order chi connectivity index (χ1) is 12.3. The Morgan fingerprint density at radius 3 is 2.31 bits per heavy atom. The van der Waals surface area contributed by atoms with Gasteiger partial charge in [-0.15, -0.1) is 0 Å². The molecule has 2 aromatic rings. The third kappa shape index (κ3) is 3.76. The number of nitrogens with zero attached hydrogens (tertiary/aromatic N) is 2. The molecule has 4 nitrogen and oxygen atoms in total. The maximum absolute atomic E-state index is 13.0. The van der Waals surface area contributed by atoms with Crippen molar-refractivity contribution in [3.63, 3.8) is 0 Å². The minimum atomic E-state index is 0.175. The van der Waals surface area contributed by atoms with Crippen molar-refractivity contribution >= 4 is 5.78 Å². The zero-order valence-corrected chi connectivity index (χ0v) is 16.8. The molecule has 26 heavy (non-hydrogen) atoms. The van der Waals surface area contributed by atoms with E-state index in [0.29, 0.717) is 6.54 Å². The average molecular weight is 354 g/mol. The second-order valence-corrected chi connectivity index (χ2v) is 7.76. The number of ether oxygens (including phenoxy) is 1. The van der Waals surface area contributed by atoms with Crippen LogP contribution in [-0.4, -0.2) is 47.1 Å². The largest absolute Gasteiger partial charge is 0.373 e. The smallest absolute Gasteiger partial charge is 0.178 e. The number of aryl methyl sites for hydroxylation is 3. The van der Waals surface area contributed by atoms with E-state index < -0.39 is 0 Å². The van der Waals surface area contributed by atoms with Gasteiger partial charge in [-0.3, -0.25) is 9.69 Å². The minimum absolute atomic E-state index is 0.175. The zero-order valence-electron chi connectivity index (χ0n) is 16.8. The van der Waals surface area contributed by atoms with Gasteiger partial charge in [-0.05, 0) is 70.9 Å². The van der Waals surface area contributed by atoms with Crippen molar-refractivity contribution in [3.8, 4) is 5.69 Å². The van der Waals surface area contributed by atoms with Crippen molar-refractivity contribution in [1.82, 2.24) is 9.47 Å². The standard InChI is InChI=1S/C22H30N2O2/c1-14-7-8-20(9-15(14)2)24-16(3)10-21(19(24)6)22(25)13-23-11-17(4)26-18(5)12-23/h7-10,17-18H,11-13H2,1-6H3. The van der Waals surface area contributed by atoms with Gasteiger partial charge in [0, 0.05) is 35.7 Å². The number of hydrogen-bond donors (Lipinski definition) is 0. The molecule has 1 saturated heterocycles. The Kier molecular flexibility index (Phi) is 5.35. The van der Waals surface area contributed by atoms with E-state index in [-0.39, 0.29) is 18.0 Å². The van der Waals surface area contributed by atoms with E-state index in [1.54, 1.807) is 0 Å². The van der Waals surface area contributed by atoms with Gasteiger partial charge < -0.3 is 9.30 Å². The Balaban J connectivity index is 1.85. The molecule has 140 valence electrons. The summed E-state index contributed by atoms with van der Waals surface area (Å²) in [6.07, 6.45) is 0.351. The molecule has 4 heteroatoms. The van der Waals surface area contributed by atoms with Gasteiger partial charge in [-0.2, -0.15) is 0 Å². The number of hydrogen-bond acceptors (Lipinski definition) is 3. The summed E-state index contributed by atoms with van der Waals surface area (Å²) in [7, 11) is 0. The summed E-state index contributed by atoms with van der Waals surface area (Å²) in [6.45, 7) is 14.6. The minimum Gasteiger partial charge on any atom is -0.373 e. The number of morpholine rings is 1. The predicted octanol–water partition coefficient (Wildman–Crippen LogP) is 4.00. The molecule has 2 heterocycles. The zero-order chi connectivity index (χ0) is 19.0. The summed E-state index contributed by atoms with van der Waals surface area (Å²) in [5.41, 5.74) is 6.61. The lowest BCUT2D eigenvalue weighted by atomic mass is 10.1. The van der Waals surface area contributed by atoms with E-state index in [9.17, 15) is 4.79 Å². The monoisotopic (exact) mass is 354 g/mol. The van der Waals surface area contributed by atoms with Crippen LogP contribution in [-0.2, 0) is 4.74 Å².